The van der Waals surface area contributed by atoms with E-state index in [0.29, 0.717) is 6.42 Å². The molecule has 0 saturated heterocycles. The van der Waals surface area contributed by atoms with Gasteiger partial charge in [-0.1, -0.05) is 18.2 Å². The monoisotopic (exact) mass is 224 g/mol. The Morgan fingerprint density at radius 1 is 1.31 bits per heavy atom. The van der Waals surface area contributed by atoms with Gasteiger partial charge in [0.1, 0.15) is 0 Å². The van der Waals surface area contributed by atoms with E-state index < -0.39 is 0 Å². The molecule has 3 heteroatoms. The van der Waals surface area contributed by atoms with Crippen molar-refractivity contribution in [1.82, 2.24) is 5.32 Å². The summed E-state index contributed by atoms with van der Waals surface area (Å²) in [5.74, 6) is 0. The molecular weight excluding hydrogens is 203 g/mol. The third-order valence-corrected chi connectivity index (χ3v) is 2.65. The van der Waals surface area contributed by atoms with Crippen molar-refractivity contribution >= 4 is 5.69 Å². The number of halogens is 1. The number of benzene rings is 1. The van der Waals surface area contributed by atoms with Gasteiger partial charge in [0, 0.05) is 25.8 Å². The molecule has 0 amide bonds. The highest BCUT2D eigenvalue weighted by Gasteiger charge is 2.10. The van der Waals surface area contributed by atoms with Crippen LogP contribution in [0.15, 0.2) is 24.3 Å². The third-order valence-electron chi connectivity index (χ3n) is 2.65. The fourth-order valence-electron chi connectivity index (χ4n) is 1.76. The normalized spacial score (nSPS) is 12.5. The Hall–Kier alpha value is -1.09. The average Bonchev–Trinajstić information content (AvgIpc) is 2.29. The molecule has 1 N–H and O–H groups in total. The number of hydrogen-bond acceptors (Lipinski definition) is 2. The summed E-state index contributed by atoms with van der Waals surface area (Å²) in [5.41, 5.74) is 2.47. The van der Waals surface area contributed by atoms with Crippen molar-refractivity contribution in [3.8, 4) is 0 Å². The Balaban J connectivity index is 2.70. The van der Waals surface area contributed by atoms with Gasteiger partial charge in [-0.2, -0.15) is 0 Å². The fourth-order valence-corrected chi connectivity index (χ4v) is 1.76. The van der Waals surface area contributed by atoms with Crippen LogP contribution in [0.2, 0.25) is 0 Å². The molecule has 16 heavy (non-hydrogen) atoms. The summed E-state index contributed by atoms with van der Waals surface area (Å²) in [5, 5.41) is 3.33. The van der Waals surface area contributed by atoms with E-state index in [0.717, 1.165) is 6.54 Å². The second-order valence-corrected chi connectivity index (χ2v) is 4.17. The van der Waals surface area contributed by atoms with E-state index in [1.54, 1.807) is 0 Å². The largest absolute Gasteiger partial charge is 0.377 e. The third kappa shape index (κ3) is 3.49. The molecule has 1 rings (SSSR count). The van der Waals surface area contributed by atoms with Gasteiger partial charge in [-0.3, -0.25) is 4.39 Å². The molecule has 1 aromatic rings. The van der Waals surface area contributed by atoms with Crippen molar-refractivity contribution in [2.45, 2.75) is 19.4 Å². The van der Waals surface area contributed by atoms with Crippen LogP contribution in [0.1, 0.15) is 24.9 Å². The van der Waals surface area contributed by atoms with Crippen LogP contribution in [0.4, 0.5) is 10.1 Å². The van der Waals surface area contributed by atoms with Gasteiger partial charge in [0.25, 0.3) is 0 Å². The van der Waals surface area contributed by atoms with Gasteiger partial charge in [-0.05, 0) is 31.5 Å². The second-order valence-electron chi connectivity index (χ2n) is 4.17. The highest BCUT2D eigenvalue weighted by atomic mass is 19.1. The molecule has 0 saturated carbocycles. The summed E-state index contributed by atoms with van der Waals surface area (Å²) in [4.78, 5) is 2.10. The van der Waals surface area contributed by atoms with E-state index in [4.69, 9.17) is 0 Å². The number of alkyl halides is 1. The predicted molar refractivity (Wildman–Crippen MR) is 67.8 cm³/mol. The van der Waals surface area contributed by atoms with Crippen molar-refractivity contribution in [1.29, 1.82) is 0 Å². The lowest BCUT2D eigenvalue weighted by Gasteiger charge is -2.22. The van der Waals surface area contributed by atoms with Crippen molar-refractivity contribution in [3.05, 3.63) is 29.8 Å². The van der Waals surface area contributed by atoms with Crippen LogP contribution >= 0.6 is 0 Å². The van der Waals surface area contributed by atoms with E-state index in [2.05, 4.69) is 29.3 Å². The zero-order valence-corrected chi connectivity index (χ0v) is 10.3. The van der Waals surface area contributed by atoms with Crippen molar-refractivity contribution in [2.24, 2.45) is 0 Å². The van der Waals surface area contributed by atoms with Crippen LogP contribution in [-0.4, -0.2) is 27.3 Å². The molecule has 0 spiro atoms. The summed E-state index contributed by atoms with van der Waals surface area (Å²) in [7, 11) is 4.07. The zero-order valence-electron chi connectivity index (χ0n) is 10.3. The van der Waals surface area contributed by atoms with Crippen LogP contribution in [-0.2, 0) is 0 Å². The molecule has 0 bridgehead atoms. The van der Waals surface area contributed by atoms with Gasteiger partial charge in [-0.15, -0.1) is 0 Å². The summed E-state index contributed by atoms with van der Waals surface area (Å²) < 4.78 is 12.0. The molecule has 0 aliphatic carbocycles. The van der Waals surface area contributed by atoms with E-state index in [1.165, 1.54) is 11.3 Å². The SMILES string of the molecule is CC(NCCCF)c1ccccc1N(C)C. The lowest BCUT2D eigenvalue weighted by atomic mass is 10.1. The molecule has 0 radical (unpaired) electrons. The summed E-state index contributed by atoms with van der Waals surface area (Å²) in [6.45, 7) is 2.58. The van der Waals surface area contributed by atoms with Crippen LogP contribution < -0.4 is 10.2 Å². The van der Waals surface area contributed by atoms with Crippen LogP contribution in [0, 0.1) is 0 Å². The molecular formula is C13H21FN2. The van der Waals surface area contributed by atoms with Crippen LogP contribution in [0.25, 0.3) is 0 Å². The summed E-state index contributed by atoms with van der Waals surface area (Å²) in [6.07, 6.45) is 0.578. The first kappa shape index (κ1) is 13.0. The molecule has 0 heterocycles. The lowest BCUT2D eigenvalue weighted by Crippen LogP contribution is -2.22. The first-order chi connectivity index (χ1) is 7.66. The van der Waals surface area contributed by atoms with Gasteiger partial charge < -0.3 is 10.2 Å². The fraction of sp³-hybridized carbons (Fsp3) is 0.538. The van der Waals surface area contributed by atoms with E-state index in [9.17, 15) is 4.39 Å². The van der Waals surface area contributed by atoms with Gasteiger partial charge in [0.2, 0.25) is 0 Å². The van der Waals surface area contributed by atoms with Gasteiger partial charge in [0.15, 0.2) is 0 Å². The molecule has 0 aliphatic rings. The van der Waals surface area contributed by atoms with Gasteiger partial charge in [-0.25, -0.2) is 0 Å². The Morgan fingerprint density at radius 2 is 2.00 bits per heavy atom. The van der Waals surface area contributed by atoms with E-state index in [1.807, 2.05) is 26.2 Å². The number of nitrogens with one attached hydrogen (secondary N) is 1. The second kappa shape index (κ2) is 6.48. The molecule has 1 aromatic carbocycles. The molecule has 2 nitrogen and oxygen atoms in total. The average molecular weight is 224 g/mol. The maximum atomic E-state index is 12.0. The Labute approximate surface area is 97.5 Å². The molecule has 0 aliphatic heterocycles. The van der Waals surface area contributed by atoms with Crippen LogP contribution in [0.5, 0.6) is 0 Å². The van der Waals surface area contributed by atoms with E-state index >= 15 is 0 Å². The lowest BCUT2D eigenvalue weighted by molar-refractivity contribution is 0.446. The first-order valence-corrected chi connectivity index (χ1v) is 5.72. The molecule has 90 valence electrons. The van der Waals surface area contributed by atoms with E-state index in [-0.39, 0.29) is 12.7 Å². The molecule has 1 unspecified atom stereocenters. The quantitative estimate of drug-likeness (QED) is 0.747. The number of hydrogen-bond donors (Lipinski definition) is 1. The maximum Gasteiger partial charge on any atom is 0.0906 e. The van der Waals surface area contributed by atoms with Crippen molar-refractivity contribution < 1.29 is 4.39 Å². The Morgan fingerprint density at radius 3 is 2.62 bits per heavy atom. The minimum atomic E-state index is -0.255. The number of nitrogens with zero attached hydrogens (tertiary/aromatic N) is 1. The van der Waals surface area contributed by atoms with Crippen LogP contribution in [0.3, 0.4) is 0 Å². The Bertz CT molecular complexity index is 313. The molecule has 1 atom stereocenters. The highest BCUT2D eigenvalue weighted by Crippen LogP contribution is 2.24. The standard InChI is InChI=1S/C13H21FN2/c1-11(15-10-6-9-14)12-7-4-5-8-13(12)16(2)3/h4-5,7-8,11,15H,6,9-10H2,1-3H3. The van der Waals surface area contributed by atoms with Gasteiger partial charge in [0.05, 0.1) is 6.67 Å². The topological polar surface area (TPSA) is 15.3 Å². The number of rotatable bonds is 6. The Kier molecular flexibility index (Phi) is 5.26. The maximum absolute atomic E-state index is 12.0. The number of para-hydroxylation sites is 1. The number of anilines is 1. The summed E-state index contributed by atoms with van der Waals surface area (Å²) >= 11 is 0. The molecule has 0 aromatic heterocycles. The predicted octanol–water partition coefficient (Wildman–Crippen LogP) is 2.76. The zero-order chi connectivity index (χ0) is 12.0. The van der Waals surface area contributed by atoms with Gasteiger partial charge >= 0.3 is 0 Å². The van der Waals surface area contributed by atoms with Crippen molar-refractivity contribution in [3.63, 3.8) is 0 Å². The molecule has 0 fully saturated rings. The highest BCUT2D eigenvalue weighted by molar-refractivity contribution is 5.53. The smallest absolute Gasteiger partial charge is 0.0906 e. The minimum Gasteiger partial charge on any atom is -0.377 e. The first-order valence-electron chi connectivity index (χ1n) is 5.72. The summed E-state index contributed by atoms with van der Waals surface area (Å²) in [6, 6.07) is 8.54. The van der Waals surface area contributed by atoms with Crippen molar-refractivity contribution in [2.75, 3.05) is 32.2 Å². The minimum absolute atomic E-state index is 0.255.